The Balaban J connectivity index is 1.52. The molecule has 7 nitrogen and oxygen atoms in total. The number of carbonyl (C=O) groups excluding carboxylic acids is 2. The molecule has 4 rings (SSSR count). The molecule has 1 heterocycles. The van der Waals surface area contributed by atoms with E-state index in [0.717, 1.165) is 37.7 Å². The number of aromatic hydroxyl groups is 1. The molecule has 0 spiro atoms. The number of phenols is 1. The normalized spacial score (nSPS) is 26.5. The number of likely N-dealkylation sites (tertiary alicyclic amines) is 1. The monoisotopic (exact) mass is 501 g/mol. The predicted molar refractivity (Wildman–Crippen MR) is 132 cm³/mol. The number of hydrogen-bond donors (Lipinski definition) is 4. The Morgan fingerprint density at radius 2 is 1.89 bits per heavy atom. The van der Waals surface area contributed by atoms with Gasteiger partial charge in [0.15, 0.2) is 11.6 Å². The van der Waals surface area contributed by atoms with E-state index in [0.29, 0.717) is 23.1 Å². The number of imide groups is 1. The van der Waals surface area contributed by atoms with Crippen LogP contribution >= 0.6 is 0 Å². The number of benzene rings is 1. The number of allylic oxidation sites excluding steroid dienone is 1. The lowest BCUT2D eigenvalue weighted by Crippen LogP contribution is -2.42. The van der Waals surface area contributed by atoms with Gasteiger partial charge in [-0.1, -0.05) is 37.0 Å². The first-order valence-electron chi connectivity index (χ1n) is 12.9. The highest BCUT2D eigenvalue weighted by molar-refractivity contribution is 6.06. The average molecular weight is 502 g/mol. The third kappa shape index (κ3) is 5.12. The summed E-state index contributed by atoms with van der Waals surface area (Å²) in [5.41, 5.74) is 2.45. The Kier molecular flexibility index (Phi) is 8.27. The summed E-state index contributed by atoms with van der Waals surface area (Å²) in [5, 5.41) is 40.9. The molecule has 2 amide bonds. The lowest BCUT2D eigenvalue weighted by molar-refractivity contribution is -0.143. The second-order valence-electron chi connectivity index (χ2n) is 10.4. The zero-order valence-corrected chi connectivity index (χ0v) is 20.7. The van der Waals surface area contributed by atoms with E-state index < -0.39 is 42.0 Å². The number of aliphatic hydroxyl groups is 3. The van der Waals surface area contributed by atoms with Gasteiger partial charge in [0.2, 0.25) is 11.8 Å². The molecule has 0 aromatic heterocycles. The van der Waals surface area contributed by atoms with Crippen LogP contribution in [0.5, 0.6) is 5.75 Å². The van der Waals surface area contributed by atoms with Crippen LogP contribution in [0.4, 0.5) is 4.39 Å². The van der Waals surface area contributed by atoms with Crippen molar-refractivity contribution in [1.82, 2.24) is 4.90 Å². The molecule has 1 saturated carbocycles. The number of nitrogens with zero attached hydrogens (tertiary/aromatic N) is 1. The van der Waals surface area contributed by atoms with Crippen molar-refractivity contribution in [2.75, 3.05) is 13.2 Å². The zero-order chi connectivity index (χ0) is 26.0. The molecular formula is C28H36FNO6. The van der Waals surface area contributed by atoms with E-state index in [-0.39, 0.29) is 37.3 Å². The van der Waals surface area contributed by atoms with E-state index in [1.807, 2.05) is 6.92 Å². The minimum atomic E-state index is -1.00. The van der Waals surface area contributed by atoms with Crippen molar-refractivity contribution in [1.29, 1.82) is 0 Å². The SMILES string of the molecule is C/C(=C\c1ccc(O)c(F)c1)CC[C@@H](O)C1=C(CO)C[C@H]2C(=O)N(C3CCCCC3)C(=O)[C@H]2[C@H]1CO. The van der Waals surface area contributed by atoms with Gasteiger partial charge in [-0.2, -0.15) is 0 Å². The summed E-state index contributed by atoms with van der Waals surface area (Å²) in [5.74, 6) is -3.66. The summed E-state index contributed by atoms with van der Waals surface area (Å²) in [4.78, 5) is 28.2. The van der Waals surface area contributed by atoms with Crippen molar-refractivity contribution >= 4 is 17.9 Å². The fraction of sp³-hybridized carbons (Fsp3) is 0.571. The topological polar surface area (TPSA) is 118 Å². The van der Waals surface area contributed by atoms with Gasteiger partial charge >= 0.3 is 0 Å². The zero-order valence-electron chi connectivity index (χ0n) is 20.7. The number of fused-ring (bicyclic) bond motifs is 1. The van der Waals surface area contributed by atoms with Crippen molar-refractivity contribution in [3.8, 4) is 5.75 Å². The third-order valence-electron chi connectivity index (χ3n) is 8.10. The Bertz CT molecular complexity index is 1060. The van der Waals surface area contributed by atoms with Gasteiger partial charge in [0.1, 0.15) is 0 Å². The van der Waals surface area contributed by atoms with Gasteiger partial charge < -0.3 is 20.4 Å². The number of amides is 2. The van der Waals surface area contributed by atoms with Gasteiger partial charge in [-0.05, 0) is 67.9 Å². The van der Waals surface area contributed by atoms with Crippen molar-refractivity contribution in [3.63, 3.8) is 0 Å². The van der Waals surface area contributed by atoms with Crippen LogP contribution < -0.4 is 0 Å². The molecule has 4 atom stereocenters. The second kappa shape index (κ2) is 11.2. The van der Waals surface area contributed by atoms with Crippen LogP contribution in [0, 0.1) is 23.6 Å². The molecule has 2 fully saturated rings. The number of rotatable bonds is 8. The van der Waals surface area contributed by atoms with Crippen LogP contribution in [-0.2, 0) is 9.59 Å². The minimum Gasteiger partial charge on any atom is -0.505 e. The number of carbonyl (C=O) groups is 2. The first-order valence-corrected chi connectivity index (χ1v) is 12.9. The molecule has 4 N–H and O–H groups in total. The molecule has 0 bridgehead atoms. The maximum Gasteiger partial charge on any atom is 0.234 e. The number of aliphatic hydroxyl groups excluding tert-OH is 3. The van der Waals surface area contributed by atoms with Gasteiger partial charge in [-0.3, -0.25) is 14.5 Å². The molecule has 3 aliphatic rings. The van der Waals surface area contributed by atoms with E-state index in [4.69, 9.17) is 0 Å². The molecular weight excluding hydrogens is 465 g/mol. The van der Waals surface area contributed by atoms with Gasteiger partial charge in [0.25, 0.3) is 0 Å². The lowest BCUT2D eigenvalue weighted by Gasteiger charge is -2.36. The van der Waals surface area contributed by atoms with Crippen molar-refractivity contribution < 1.29 is 34.4 Å². The van der Waals surface area contributed by atoms with Crippen LogP contribution in [-0.4, -0.2) is 62.5 Å². The first kappa shape index (κ1) is 26.5. The number of halogens is 1. The predicted octanol–water partition coefficient (Wildman–Crippen LogP) is 3.31. The highest BCUT2D eigenvalue weighted by Gasteiger charge is 2.56. The van der Waals surface area contributed by atoms with Crippen LogP contribution in [0.3, 0.4) is 0 Å². The molecule has 1 saturated heterocycles. The fourth-order valence-corrected chi connectivity index (χ4v) is 6.32. The molecule has 1 aromatic carbocycles. The molecule has 0 radical (unpaired) electrons. The highest BCUT2D eigenvalue weighted by atomic mass is 19.1. The van der Waals surface area contributed by atoms with Gasteiger partial charge in [-0.25, -0.2) is 4.39 Å². The van der Waals surface area contributed by atoms with E-state index >= 15 is 0 Å². The Labute approximate surface area is 210 Å². The Morgan fingerprint density at radius 1 is 1.17 bits per heavy atom. The number of phenolic OH excluding ortho intramolecular Hbond substituents is 1. The second-order valence-corrected chi connectivity index (χ2v) is 10.4. The maximum atomic E-state index is 13.6. The van der Waals surface area contributed by atoms with Gasteiger partial charge in [0.05, 0.1) is 31.2 Å². The van der Waals surface area contributed by atoms with Crippen molar-refractivity contribution in [3.05, 3.63) is 46.3 Å². The average Bonchev–Trinajstić information content (AvgIpc) is 3.13. The van der Waals surface area contributed by atoms with E-state index in [9.17, 15) is 34.4 Å². The standard InChI is InChI=1S/C28H36FNO6/c1-16(11-17-8-10-23(33)22(29)12-17)7-9-24(34)25-18(14-31)13-20-26(21(25)15-32)28(36)30(27(20)35)19-5-3-2-4-6-19/h8,10-12,19-21,24,26,31-34H,2-7,9,13-15H2,1H3/b16-11+/t20-,21+,24-,26-/m1/s1. The van der Waals surface area contributed by atoms with Crippen LogP contribution in [0.25, 0.3) is 6.08 Å². The molecule has 8 heteroatoms. The van der Waals surface area contributed by atoms with E-state index in [1.165, 1.54) is 17.0 Å². The van der Waals surface area contributed by atoms with Crippen LogP contribution in [0.1, 0.15) is 63.9 Å². The van der Waals surface area contributed by atoms with Crippen LogP contribution in [0.2, 0.25) is 0 Å². The largest absolute Gasteiger partial charge is 0.505 e. The highest BCUT2D eigenvalue weighted by Crippen LogP contribution is 2.47. The fourth-order valence-electron chi connectivity index (χ4n) is 6.32. The summed E-state index contributed by atoms with van der Waals surface area (Å²) in [7, 11) is 0. The van der Waals surface area contributed by atoms with Crippen molar-refractivity contribution in [2.45, 2.75) is 70.4 Å². The summed E-state index contributed by atoms with van der Waals surface area (Å²) in [6.45, 7) is 1.11. The quantitative estimate of drug-likeness (QED) is 0.321. The van der Waals surface area contributed by atoms with Crippen LogP contribution in [0.15, 0.2) is 34.9 Å². The molecule has 1 aliphatic heterocycles. The first-order chi connectivity index (χ1) is 17.3. The van der Waals surface area contributed by atoms with E-state index in [1.54, 1.807) is 12.1 Å². The maximum absolute atomic E-state index is 13.6. The summed E-state index contributed by atoms with van der Waals surface area (Å²) < 4.78 is 13.6. The lowest BCUT2D eigenvalue weighted by atomic mass is 9.68. The molecule has 0 unspecified atom stereocenters. The summed E-state index contributed by atoms with van der Waals surface area (Å²) >= 11 is 0. The Hall–Kier alpha value is -2.55. The third-order valence-corrected chi connectivity index (χ3v) is 8.10. The molecule has 36 heavy (non-hydrogen) atoms. The summed E-state index contributed by atoms with van der Waals surface area (Å²) in [6, 6.07) is 4.00. The molecule has 1 aromatic rings. The van der Waals surface area contributed by atoms with E-state index in [2.05, 4.69) is 0 Å². The van der Waals surface area contributed by atoms with Crippen molar-refractivity contribution in [2.24, 2.45) is 17.8 Å². The molecule has 196 valence electrons. The van der Waals surface area contributed by atoms with Gasteiger partial charge in [-0.15, -0.1) is 0 Å². The van der Waals surface area contributed by atoms with Gasteiger partial charge in [0, 0.05) is 12.0 Å². The minimum absolute atomic E-state index is 0.104. The Morgan fingerprint density at radius 3 is 2.53 bits per heavy atom. The summed E-state index contributed by atoms with van der Waals surface area (Å²) in [6.07, 6.45) is 6.36. The number of hydrogen-bond acceptors (Lipinski definition) is 6. The smallest absolute Gasteiger partial charge is 0.234 e. The molecule has 2 aliphatic carbocycles.